The van der Waals surface area contributed by atoms with Crippen LogP contribution in [0.25, 0.3) is 33.1 Å². The second-order valence-corrected chi connectivity index (χ2v) is 8.82. The Labute approximate surface area is 172 Å². The lowest BCUT2D eigenvalue weighted by atomic mass is 9.78. The Morgan fingerprint density at radius 1 is 0.897 bits per heavy atom. The predicted molar refractivity (Wildman–Crippen MR) is 124 cm³/mol. The molecule has 1 heterocycles. The highest BCUT2D eigenvalue weighted by Gasteiger charge is 2.38. The van der Waals surface area contributed by atoms with E-state index in [9.17, 15) is 0 Å². The second-order valence-electron chi connectivity index (χ2n) is 8.82. The van der Waals surface area contributed by atoms with Gasteiger partial charge in [-0.2, -0.15) is 0 Å². The number of rotatable bonds is 1. The van der Waals surface area contributed by atoms with E-state index in [0.717, 1.165) is 18.3 Å². The maximum atomic E-state index is 6.20. The molecule has 0 amide bonds. The van der Waals surface area contributed by atoms with Crippen LogP contribution in [0.5, 0.6) is 0 Å². The summed E-state index contributed by atoms with van der Waals surface area (Å²) in [6, 6.07) is 21.8. The van der Waals surface area contributed by atoms with Crippen molar-refractivity contribution < 1.29 is 0 Å². The van der Waals surface area contributed by atoms with Crippen molar-refractivity contribution in [1.29, 1.82) is 0 Å². The van der Waals surface area contributed by atoms with Crippen LogP contribution in [-0.2, 0) is 5.41 Å². The lowest BCUT2D eigenvalue weighted by Gasteiger charge is -2.25. The first kappa shape index (κ1) is 16.9. The molecule has 0 fully saturated rings. The van der Waals surface area contributed by atoms with Crippen molar-refractivity contribution in [2.24, 2.45) is 0 Å². The van der Waals surface area contributed by atoms with E-state index in [1.54, 1.807) is 5.57 Å². The Morgan fingerprint density at radius 3 is 2.52 bits per heavy atom. The molecule has 2 heteroatoms. The summed E-state index contributed by atoms with van der Waals surface area (Å²) >= 11 is 0. The summed E-state index contributed by atoms with van der Waals surface area (Å²) in [7, 11) is 6.20. The molecule has 0 saturated carbocycles. The largest absolute Gasteiger partial charge is 0.309 e. The third kappa shape index (κ3) is 2.23. The van der Waals surface area contributed by atoms with E-state index >= 15 is 0 Å². The van der Waals surface area contributed by atoms with Gasteiger partial charge in [-0.05, 0) is 59.9 Å². The molecule has 3 aromatic carbocycles. The van der Waals surface area contributed by atoms with Gasteiger partial charge in [0.15, 0.2) is 0 Å². The van der Waals surface area contributed by atoms with Gasteiger partial charge < -0.3 is 4.57 Å². The number of hydrogen-bond donors (Lipinski definition) is 0. The van der Waals surface area contributed by atoms with Crippen LogP contribution in [0.2, 0.25) is 0 Å². The molecule has 6 rings (SSSR count). The summed E-state index contributed by atoms with van der Waals surface area (Å²) in [5.74, 6) is 0. The number of benzene rings is 3. The standard InChI is InChI=1S/C27H22BN/c1-27(2)23-11-7-6-10-19(23)20-15-22-21-14-17(28)12-13-25(21)29(26(22)16-24(20)27)18-8-4-3-5-9-18/h3-6,8-10,12-16H,7,11H2,1-2H3. The highest BCUT2D eigenvalue weighted by atomic mass is 15.0. The van der Waals surface area contributed by atoms with Crippen LogP contribution in [0.4, 0.5) is 0 Å². The van der Waals surface area contributed by atoms with Gasteiger partial charge in [-0.15, -0.1) is 0 Å². The lowest BCUT2D eigenvalue weighted by Crippen LogP contribution is -2.17. The van der Waals surface area contributed by atoms with Crippen LogP contribution in [0.3, 0.4) is 0 Å². The number of hydrogen-bond acceptors (Lipinski definition) is 0. The van der Waals surface area contributed by atoms with Crippen LogP contribution < -0.4 is 5.46 Å². The molecule has 0 N–H and O–H groups in total. The first-order valence-corrected chi connectivity index (χ1v) is 10.4. The van der Waals surface area contributed by atoms with Crippen molar-refractivity contribution in [1.82, 2.24) is 4.57 Å². The molecular weight excluding hydrogens is 349 g/mol. The van der Waals surface area contributed by atoms with Crippen molar-refractivity contribution in [2.45, 2.75) is 32.1 Å². The minimum absolute atomic E-state index is 0.0701. The molecule has 1 nitrogen and oxygen atoms in total. The molecule has 29 heavy (non-hydrogen) atoms. The van der Waals surface area contributed by atoms with Gasteiger partial charge in [0, 0.05) is 21.9 Å². The van der Waals surface area contributed by atoms with E-state index in [0.29, 0.717) is 0 Å². The molecule has 1 aromatic heterocycles. The van der Waals surface area contributed by atoms with Crippen LogP contribution in [0, 0.1) is 0 Å². The molecule has 2 aliphatic carbocycles. The fourth-order valence-corrected chi connectivity index (χ4v) is 5.41. The van der Waals surface area contributed by atoms with Crippen molar-refractivity contribution in [3.8, 4) is 5.69 Å². The zero-order valence-electron chi connectivity index (χ0n) is 16.9. The molecule has 2 radical (unpaired) electrons. The van der Waals surface area contributed by atoms with E-state index in [4.69, 9.17) is 7.85 Å². The van der Waals surface area contributed by atoms with E-state index in [-0.39, 0.29) is 5.41 Å². The third-order valence-corrected chi connectivity index (χ3v) is 6.83. The zero-order chi connectivity index (χ0) is 19.8. The number of allylic oxidation sites excluding steroid dienone is 4. The SMILES string of the molecule is [B]c1ccc2c(c1)c1cc3c(cc1n2-c1ccccc1)C(C)(C)C1=C3C=CCC1. The molecule has 0 atom stereocenters. The Bertz CT molecular complexity index is 1370. The fraction of sp³-hybridized carbons (Fsp3) is 0.185. The Kier molecular flexibility index (Phi) is 3.36. The van der Waals surface area contributed by atoms with Gasteiger partial charge in [-0.3, -0.25) is 0 Å². The molecule has 0 spiro atoms. The summed E-state index contributed by atoms with van der Waals surface area (Å²) < 4.78 is 2.38. The summed E-state index contributed by atoms with van der Waals surface area (Å²) in [6.45, 7) is 4.76. The lowest BCUT2D eigenvalue weighted by molar-refractivity contribution is 0.608. The predicted octanol–water partition coefficient (Wildman–Crippen LogP) is 5.97. The Morgan fingerprint density at radius 2 is 1.69 bits per heavy atom. The van der Waals surface area contributed by atoms with Crippen molar-refractivity contribution in [2.75, 3.05) is 0 Å². The molecular formula is C27H22BN. The van der Waals surface area contributed by atoms with Crippen LogP contribution in [0.15, 0.2) is 78.4 Å². The van der Waals surface area contributed by atoms with Gasteiger partial charge >= 0.3 is 0 Å². The van der Waals surface area contributed by atoms with E-state index < -0.39 is 0 Å². The third-order valence-electron chi connectivity index (χ3n) is 6.83. The molecule has 0 unspecified atom stereocenters. The number of para-hydroxylation sites is 1. The molecule has 2 aliphatic rings. The first-order chi connectivity index (χ1) is 14.1. The monoisotopic (exact) mass is 371 g/mol. The molecule has 0 saturated heterocycles. The Balaban J connectivity index is 1.77. The maximum absolute atomic E-state index is 6.20. The molecule has 0 bridgehead atoms. The fourth-order valence-electron chi connectivity index (χ4n) is 5.41. The average Bonchev–Trinajstić information content (AvgIpc) is 3.17. The van der Waals surface area contributed by atoms with Gasteiger partial charge in [0.2, 0.25) is 0 Å². The highest BCUT2D eigenvalue weighted by molar-refractivity contribution is 6.34. The summed E-state index contributed by atoms with van der Waals surface area (Å²) in [6.07, 6.45) is 6.96. The van der Waals surface area contributed by atoms with Crippen LogP contribution >= 0.6 is 0 Å². The van der Waals surface area contributed by atoms with Crippen molar-refractivity contribution in [3.05, 3.63) is 89.5 Å². The smallest absolute Gasteiger partial charge is 0.113 e. The summed E-state index contributed by atoms with van der Waals surface area (Å²) in [5.41, 5.74) is 10.4. The van der Waals surface area contributed by atoms with Crippen LogP contribution in [0.1, 0.15) is 37.8 Å². The minimum atomic E-state index is 0.0701. The van der Waals surface area contributed by atoms with E-state index in [1.165, 1.54) is 44.2 Å². The van der Waals surface area contributed by atoms with Crippen LogP contribution in [-0.4, -0.2) is 12.4 Å². The molecule has 0 aliphatic heterocycles. The first-order valence-electron chi connectivity index (χ1n) is 10.4. The minimum Gasteiger partial charge on any atom is -0.309 e. The maximum Gasteiger partial charge on any atom is 0.113 e. The average molecular weight is 371 g/mol. The van der Waals surface area contributed by atoms with Crippen molar-refractivity contribution in [3.63, 3.8) is 0 Å². The van der Waals surface area contributed by atoms with Gasteiger partial charge in [0.1, 0.15) is 7.85 Å². The second kappa shape index (κ2) is 5.76. The van der Waals surface area contributed by atoms with Crippen molar-refractivity contribution >= 4 is 40.7 Å². The summed E-state index contributed by atoms with van der Waals surface area (Å²) in [4.78, 5) is 0. The van der Waals surface area contributed by atoms with E-state index in [1.807, 2.05) is 6.07 Å². The highest BCUT2D eigenvalue weighted by Crippen LogP contribution is 2.51. The van der Waals surface area contributed by atoms with Gasteiger partial charge in [0.05, 0.1) is 11.0 Å². The number of fused-ring (bicyclic) bond motifs is 5. The van der Waals surface area contributed by atoms with Gasteiger partial charge in [-0.1, -0.05) is 67.4 Å². The number of aromatic nitrogens is 1. The molecule has 4 aromatic rings. The van der Waals surface area contributed by atoms with E-state index in [2.05, 4.69) is 85.2 Å². The zero-order valence-corrected chi connectivity index (χ0v) is 16.9. The van der Waals surface area contributed by atoms with Gasteiger partial charge in [-0.25, -0.2) is 0 Å². The topological polar surface area (TPSA) is 4.93 Å². The number of nitrogens with zero attached hydrogens (tertiary/aromatic N) is 1. The quantitative estimate of drug-likeness (QED) is 0.363. The molecule has 138 valence electrons. The Hall–Kier alpha value is -3.00. The normalized spacial score (nSPS) is 17.2. The summed E-state index contributed by atoms with van der Waals surface area (Å²) in [5, 5.41) is 2.50. The van der Waals surface area contributed by atoms with Gasteiger partial charge in [0.25, 0.3) is 0 Å².